The van der Waals surface area contributed by atoms with Gasteiger partial charge in [-0.15, -0.1) is 0 Å². The number of hydrogen-bond acceptors (Lipinski definition) is 3. The largest absolute Gasteiger partial charge is 0.545 e. The first kappa shape index (κ1) is 13.6. The first-order chi connectivity index (χ1) is 9.16. The normalized spacial score (nSPS) is 11.4. The molecule has 0 spiro atoms. The molecule has 2 aromatic rings. The molecule has 100 valence electrons. The van der Waals surface area contributed by atoms with Crippen LogP contribution in [0.25, 0.3) is 0 Å². The van der Waals surface area contributed by atoms with E-state index in [2.05, 4.69) is 31.1 Å². The molecule has 0 fully saturated rings. The highest BCUT2D eigenvalue weighted by Crippen LogP contribution is 2.31. The van der Waals surface area contributed by atoms with Gasteiger partial charge in [-0.1, -0.05) is 12.1 Å². The summed E-state index contributed by atoms with van der Waals surface area (Å²) < 4.78 is 11.2. The Kier molecular flexibility index (Phi) is 4.57. The van der Waals surface area contributed by atoms with Crippen molar-refractivity contribution in [3.63, 3.8) is 0 Å². The van der Waals surface area contributed by atoms with Crippen molar-refractivity contribution in [2.45, 2.75) is 26.4 Å². The molecule has 0 N–H and O–H groups in total. The van der Waals surface area contributed by atoms with Crippen LogP contribution in [0.2, 0.25) is 13.1 Å². The number of benzene rings is 1. The van der Waals surface area contributed by atoms with Crippen molar-refractivity contribution in [1.29, 1.82) is 0 Å². The molecule has 1 aromatic carbocycles. The van der Waals surface area contributed by atoms with Gasteiger partial charge in [0, 0.05) is 12.6 Å². The van der Waals surface area contributed by atoms with E-state index in [1.807, 2.05) is 30.5 Å². The summed E-state index contributed by atoms with van der Waals surface area (Å²) in [5.74, 6) is 1.83. The Morgan fingerprint density at radius 1 is 1.26 bits per heavy atom. The predicted molar refractivity (Wildman–Crippen MR) is 81.2 cm³/mol. The molecule has 0 unspecified atom stereocenters. The lowest BCUT2D eigenvalue weighted by molar-refractivity contribution is 0.527. The number of aryl methyl sites for hydroxylation is 1. The molecular formula is C15H19NO2Si. The Balaban J connectivity index is 2.15. The van der Waals surface area contributed by atoms with Gasteiger partial charge in [-0.2, -0.15) is 0 Å². The van der Waals surface area contributed by atoms with Crippen LogP contribution in [0, 0.1) is 6.92 Å². The van der Waals surface area contributed by atoms with Crippen LogP contribution in [0.3, 0.4) is 0 Å². The average Bonchev–Trinajstić information content (AvgIpc) is 2.86. The van der Waals surface area contributed by atoms with E-state index in [9.17, 15) is 0 Å². The Hall–Kier alpha value is -1.81. The summed E-state index contributed by atoms with van der Waals surface area (Å²) in [6, 6.07) is 9.87. The van der Waals surface area contributed by atoms with Crippen molar-refractivity contribution in [3.8, 4) is 5.75 Å². The second kappa shape index (κ2) is 6.38. The van der Waals surface area contributed by atoms with Crippen molar-refractivity contribution >= 4 is 20.9 Å². The van der Waals surface area contributed by atoms with Crippen LogP contribution in [0.15, 0.2) is 46.0 Å². The first-order valence-corrected chi connectivity index (χ1v) is 9.26. The number of para-hydroxylation sites is 1. The van der Waals surface area contributed by atoms with Crippen LogP contribution in [0.5, 0.6) is 5.75 Å². The molecule has 1 heterocycles. The van der Waals surface area contributed by atoms with E-state index in [4.69, 9.17) is 8.84 Å². The van der Waals surface area contributed by atoms with Gasteiger partial charge < -0.3 is 8.84 Å². The van der Waals surface area contributed by atoms with E-state index in [1.54, 1.807) is 6.26 Å². The van der Waals surface area contributed by atoms with E-state index in [0.29, 0.717) is 6.42 Å². The topological polar surface area (TPSA) is 34.7 Å². The SMILES string of the molecule is Cc1cccc(N=CCc2ccco2)c1O[SiH](C)C. The molecule has 0 atom stereocenters. The van der Waals surface area contributed by atoms with Gasteiger partial charge in [0.2, 0.25) is 9.04 Å². The zero-order chi connectivity index (χ0) is 13.7. The second-order valence-electron chi connectivity index (χ2n) is 4.68. The lowest BCUT2D eigenvalue weighted by Gasteiger charge is -2.14. The van der Waals surface area contributed by atoms with Crippen molar-refractivity contribution in [2.75, 3.05) is 0 Å². The number of hydrogen-bond donors (Lipinski definition) is 0. The lowest BCUT2D eigenvalue weighted by Crippen LogP contribution is -2.12. The van der Waals surface area contributed by atoms with Crippen molar-refractivity contribution in [3.05, 3.63) is 47.9 Å². The molecule has 0 aliphatic rings. The molecule has 4 heteroatoms. The maximum atomic E-state index is 5.97. The Bertz CT molecular complexity index is 547. The number of furan rings is 1. The molecule has 19 heavy (non-hydrogen) atoms. The minimum absolute atomic E-state index is 0.694. The maximum Gasteiger partial charge on any atom is 0.229 e. The molecule has 0 saturated heterocycles. The van der Waals surface area contributed by atoms with Crippen LogP contribution < -0.4 is 4.43 Å². The van der Waals surface area contributed by atoms with Gasteiger partial charge in [-0.25, -0.2) is 0 Å². The van der Waals surface area contributed by atoms with Gasteiger partial charge in [0.05, 0.1) is 6.26 Å². The monoisotopic (exact) mass is 273 g/mol. The van der Waals surface area contributed by atoms with Crippen molar-refractivity contribution in [2.24, 2.45) is 4.99 Å². The third-order valence-corrected chi connectivity index (χ3v) is 3.35. The van der Waals surface area contributed by atoms with Gasteiger partial charge in [0.1, 0.15) is 17.2 Å². The lowest BCUT2D eigenvalue weighted by atomic mass is 10.2. The second-order valence-corrected chi connectivity index (χ2v) is 7.02. The molecule has 3 nitrogen and oxygen atoms in total. The summed E-state index contributed by atoms with van der Waals surface area (Å²) in [6.07, 6.45) is 4.23. The molecular weight excluding hydrogens is 254 g/mol. The Morgan fingerprint density at radius 3 is 2.79 bits per heavy atom. The van der Waals surface area contributed by atoms with E-state index < -0.39 is 9.04 Å². The van der Waals surface area contributed by atoms with Crippen molar-refractivity contribution < 1.29 is 8.84 Å². The molecule has 0 bridgehead atoms. The molecule has 0 saturated carbocycles. The highest BCUT2D eigenvalue weighted by Gasteiger charge is 2.07. The fourth-order valence-electron chi connectivity index (χ4n) is 1.79. The third-order valence-electron chi connectivity index (χ3n) is 2.65. The third kappa shape index (κ3) is 3.82. The molecule has 0 amide bonds. The average molecular weight is 273 g/mol. The van der Waals surface area contributed by atoms with Gasteiger partial charge in [0.15, 0.2) is 0 Å². The van der Waals surface area contributed by atoms with E-state index in [-0.39, 0.29) is 0 Å². The quantitative estimate of drug-likeness (QED) is 0.612. The summed E-state index contributed by atoms with van der Waals surface area (Å²) >= 11 is 0. The summed E-state index contributed by atoms with van der Waals surface area (Å²) in [6.45, 7) is 6.36. The molecule has 2 rings (SSSR count). The van der Waals surface area contributed by atoms with Crippen LogP contribution in [-0.2, 0) is 6.42 Å². The maximum absolute atomic E-state index is 5.97. The minimum atomic E-state index is -1.13. The summed E-state index contributed by atoms with van der Waals surface area (Å²) in [5.41, 5.74) is 2.03. The first-order valence-electron chi connectivity index (χ1n) is 6.48. The fraction of sp³-hybridized carbons (Fsp3) is 0.267. The van der Waals surface area contributed by atoms with Crippen LogP contribution >= 0.6 is 0 Å². The Labute approximate surface area is 115 Å². The number of aliphatic imine (C=N–C) groups is 1. The summed E-state index contributed by atoms with van der Waals surface area (Å²) in [4.78, 5) is 4.51. The zero-order valence-corrected chi connectivity index (χ0v) is 12.7. The van der Waals surface area contributed by atoms with E-state index in [0.717, 1.165) is 22.8 Å². The van der Waals surface area contributed by atoms with Gasteiger partial charge in [0.25, 0.3) is 0 Å². The minimum Gasteiger partial charge on any atom is -0.545 e. The highest BCUT2D eigenvalue weighted by atomic mass is 28.3. The molecule has 0 aliphatic carbocycles. The van der Waals surface area contributed by atoms with E-state index in [1.165, 1.54) is 0 Å². The molecule has 0 aliphatic heterocycles. The number of rotatable bonds is 5. The van der Waals surface area contributed by atoms with Gasteiger partial charge in [-0.3, -0.25) is 4.99 Å². The van der Waals surface area contributed by atoms with Gasteiger partial charge >= 0.3 is 0 Å². The zero-order valence-electron chi connectivity index (χ0n) is 11.6. The van der Waals surface area contributed by atoms with Gasteiger partial charge in [-0.05, 0) is 43.8 Å². The smallest absolute Gasteiger partial charge is 0.229 e. The number of nitrogens with zero attached hydrogens (tertiary/aromatic N) is 1. The Morgan fingerprint density at radius 2 is 2.11 bits per heavy atom. The van der Waals surface area contributed by atoms with Crippen LogP contribution in [0.1, 0.15) is 11.3 Å². The predicted octanol–water partition coefficient (Wildman–Crippen LogP) is 3.90. The van der Waals surface area contributed by atoms with E-state index >= 15 is 0 Å². The van der Waals surface area contributed by atoms with Crippen molar-refractivity contribution in [1.82, 2.24) is 0 Å². The van der Waals surface area contributed by atoms with Crippen LogP contribution in [0.4, 0.5) is 5.69 Å². The van der Waals surface area contributed by atoms with Crippen LogP contribution in [-0.4, -0.2) is 15.3 Å². The highest BCUT2D eigenvalue weighted by molar-refractivity contribution is 6.49. The standard InChI is InChI=1S/C15H19NO2Si/c1-12-6-4-8-14(15(12)18-19(2)3)16-10-9-13-7-5-11-17-13/h4-8,10-11,19H,9H2,1-3H3. The summed E-state index contributed by atoms with van der Waals surface area (Å²) in [7, 11) is -1.13. The fourth-order valence-corrected chi connectivity index (χ4v) is 2.57. The molecule has 0 radical (unpaired) electrons. The molecule has 1 aromatic heterocycles. The summed E-state index contributed by atoms with van der Waals surface area (Å²) in [5, 5.41) is 0.